The fraction of sp³-hybridized carbons (Fsp3) is 0.553. The number of hydrogen-bond acceptors (Lipinski definition) is 0. The number of hydrogen-bond donors (Lipinski definition) is 0. The van der Waals surface area contributed by atoms with E-state index in [2.05, 4.69) is 178 Å². The van der Waals surface area contributed by atoms with Crippen LogP contribution in [0.4, 0.5) is 0 Å². The first-order valence-electron chi connectivity index (χ1n) is 32.0. The topological polar surface area (TPSA) is 0 Å². The maximum Gasteiger partial charge on any atom is -0.00258 e. The van der Waals surface area contributed by atoms with Gasteiger partial charge in [0.05, 0.1) is 0 Å². The summed E-state index contributed by atoms with van der Waals surface area (Å²) in [5.41, 5.74) is 2.74. The summed E-state index contributed by atoms with van der Waals surface area (Å²) in [5, 5.41) is 2.62. The molecule has 2 fully saturated rings. The summed E-state index contributed by atoms with van der Waals surface area (Å²) < 4.78 is 0. The van der Waals surface area contributed by atoms with Crippen molar-refractivity contribution in [2.75, 3.05) is 0 Å². The van der Waals surface area contributed by atoms with E-state index in [0.717, 1.165) is 6.42 Å². The summed E-state index contributed by atoms with van der Waals surface area (Å²) in [6.45, 7) is 49.2. The molecule has 8 rings (SSSR count). The Morgan fingerprint density at radius 3 is 0.421 bits per heavy atom. The van der Waals surface area contributed by atoms with E-state index in [-0.39, 0.29) is 0 Å². The highest BCUT2D eigenvalue weighted by atomic mass is 14.0. The van der Waals surface area contributed by atoms with E-state index in [1.54, 1.807) is 0 Å². The highest BCUT2D eigenvalue weighted by Crippen LogP contribution is 2.16. The zero-order valence-corrected chi connectivity index (χ0v) is 56.0. The molecule has 0 unspecified atom stereocenters. The van der Waals surface area contributed by atoms with Crippen LogP contribution in [0, 0.1) is 0 Å². The van der Waals surface area contributed by atoms with Gasteiger partial charge >= 0.3 is 0 Å². The summed E-state index contributed by atoms with van der Waals surface area (Å²) in [5.74, 6) is 0. The average Bonchev–Trinajstić information content (AvgIpc) is 3.53. The molecule has 0 N–H and O–H groups in total. The average molecular weight is 1050 g/mol. The lowest BCUT2D eigenvalue weighted by Crippen LogP contribution is -1.85. The van der Waals surface area contributed by atoms with E-state index in [0.29, 0.717) is 0 Å². The lowest BCUT2D eigenvalue weighted by atomic mass is 10.0. The first-order chi connectivity index (χ1) is 37.5. The largest absolute Gasteiger partial charge is 0.0683 e. The van der Waals surface area contributed by atoms with Crippen molar-refractivity contribution in [1.82, 2.24) is 0 Å². The van der Waals surface area contributed by atoms with E-state index in [1.165, 1.54) is 131 Å². The Bertz CT molecular complexity index is 1320. The first-order valence-corrected chi connectivity index (χ1v) is 32.0. The minimum absolute atomic E-state index is 1.03. The maximum atomic E-state index is 2.16. The third-order valence-electron chi connectivity index (χ3n) is 8.09. The van der Waals surface area contributed by atoms with E-state index in [1.807, 2.05) is 170 Å². The molecule has 2 aliphatic carbocycles. The highest BCUT2D eigenvalue weighted by Gasteiger charge is 1.96. The Hall–Kier alpha value is -4.42. The van der Waals surface area contributed by atoms with Crippen molar-refractivity contribution >= 4 is 10.8 Å². The standard InChI is InChI=1S/C13H12.C10H8.2C6H12.2C6H6.5C3H8.7C2H6/c1-3-7-12(8-4-1)11-13-9-5-2-6-10-13;1-2-6-10-8-4-3-7-9(10)5-1;4*1-2-4-6-5-3-1;5*1-3-2;7*1-2/h1-10H,11H2;1-8H;2*1-6H2;2*1-6H;5*3H2,1-2H3;7*1-2H3. The number of fused-ring (bicyclic) bond motifs is 1. The Balaban J connectivity index is -0.0000000795. The SMILES string of the molecule is C1CCCCC1.C1CCCCC1.CC.CC.CC.CC.CC.CC.CC.CCC.CCC.CCC.CCC.CCC.c1ccc(Cc2ccccc2)cc1.c1ccc2ccccc2c1.c1ccccc1.c1ccccc1. The van der Waals surface area contributed by atoms with Gasteiger partial charge in [0.1, 0.15) is 0 Å². The molecule has 0 aliphatic heterocycles. The van der Waals surface area contributed by atoms with Gasteiger partial charge in [-0.1, -0.05) is 457 Å². The molecule has 0 spiro atoms. The van der Waals surface area contributed by atoms with Gasteiger partial charge in [0.15, 0.2) is 0 Å². The number of benzene rings is 6. The maximum absolute atomic E-state index is 2.16. The molecular weight excluding hydrogens is 913 g/mol. The predicted octanol–water partition coefficient (Wildman–Crippen LogP) is 28.4. The molecule has 2 saturated carbocycles. The Kier molecular flexibility index (Phi) is 137. The van der Waals surface area contributed by atoms with Gasteiger partial charge in [0, 0.05) is 0 Å². The Morgan fingerprint density at radius 2 is 0.289 bits per heavy atom. The zero-order chi connectivity index (χ0) is 60.3. The summed E-state index contributed by atoms with van der Waals surface area (Å²) >= 11 is 0. The molecule has 0 nitrogen and oxygen atoms in total. The lowest BCUT2D eigenvalue weighted by Gasteiger charge is -2.05. The van der Waals surface area contributed by atoms with Crippen LogP contribution >= 0.6 is 0 Å². The van der Waals surface area contributed by atoms with Crippen LogP contribution in [0.5, 0.6) is 0 Å². The molecule has 0 aromatic heterocycles. The summed E-state index contributed by atoms with van der Waals surface area (Å²) in [6, 6.07) is 61.8. The third kappa shape index (κ3) is 98.7. The van der Waals surface area contributed by atoms with Crippen molar-refractivity contribution in [2.24, 2.45) is 0 Å². The molecule has 0 saturated heterocycles. The molecule has 0 heterocycles. The van der Waals surface area contributed by atoms with Gasteiger partial charge in [-0.15, -0.1) is 0 Å². The van der Waals surface area contributed by atoms with Gasteiger partial charge in [0.25, 0.3) is 0 Å². The van der Waals surface area contributed by atoms with Gasteiger partial charge in [-0.3, -0.25) is 0 Å². The second-order valence-electron chi connectivity index (χ2n) is 15.6. The van der Waals surface area contributed by atoms with Crippen LogP contribution in [0.25, 0.3) is 10.8 Å². The first kappa shape index (κ1) is 94.0. The van der Waals surface area contributed by atoms with E-state index in [9.17, 15) is 0 Å². The minimum atomic E-state index is 1.03. The third-order valence-corrected chi connectivity index (χ3v) is 8.09. The van der Waals surface area contributed by atoms with Crippen LogP contribution in [0.2, 0.25) is 0 Å². The van der Waals surface area contributed by atoms with E-state index in [4.69, 9.17) is 0 Å². The fourth-order valence-corrected chi connectivity index (χ4v) is 5.45. The van der Waals surface area contributed by atoms with Gasteiger partial charge in [-0.05, 0) is 28.3 Å². The molecule has 0 atom stereocenters. The van der Waals surface area contributed by atoms with Crippen LogP contribution in [-0.2, 0) is 6.42 Å². The lowest BCUT2D eigenvalue weighted by molar-refractivity contribution is 0.504. The van der Waals surface area contributed by atoms with E-state index < -0.39 is 0 Å². The van der Waals surface area contributed by atoms with Crippen LogP contribution in [0.15, 0.2) is 182 Å². The van der Waals surface area contributed by atoms with Crippen LogP contribution in [0.3, 0.4) is 0 Å². The molecule has 0 bridgehead atoms. The van der Waals surface area contributed by atoms with Crippen molar-refractivity contribution < 1.29 is 0 Å². The van der Waals surface area contributed by atoms with Crippen molar-refractivity contribution in [3.8, 4) is 0 Å². The Labute approximate surface area is 483 Å². The van der Waals surface area contributed by atoms with Crippen molar-refractivity contribution in [1.29, 1.82) is 0 Å². The molecular formula is C76H138. The van der Waals surface area contributed by atoms with Gasteiger partial charge in [0.2, 0.25) is 0 Å². The monoisotopic (exact) mass is 1050 g/mol. The minimum Gasteiger partial charge on any atom is -0.0683 e. The van der Waals surface area contributed by atoms with Crippen molar-refractivity contribution in [3.63, 3.8) is 0 Å². The second kappa shape index (κ2) is 111. The normalized spacial score (nSPS) is 9.79. The molecule has 6 aromatic carbocycles. The van der Waals surface area contributed by atoms with Crippen molar-refractivity contribution in [2.45, 2.75) is 282 Å². The van der Waals surface area contributed by atoms with E-state index >= 15 is 0 Å². The molecule has 442 valence electrons. The van der Waals surface area contributed by atoms with Gasteiger partial charge in [-0.25, -0.2) is 0 Å². The highest BCUT2D eigenvalue weighted by molar-refractivity contribution is 5.82. The summed E-state index contributed by atoms with van der Waals surface area (Å²) in [6.07, 6.45) is 25.3. The van der Waals surface area contributed by atoms with Gasteiger partial charge in [-0.2, -0.15) is 0 Å². The Morgan fingerprint density at radius 1 is 0.184 bits per heavy atom. The summed E-state index contributed by atoms with van der Waals surface area (Å²) in [7, 11) is 0. The van der Waals surface area contributed by atoms with Crippen LogP contribution in [0.1, 0.15) is 286 Å². The fourth-order valence-electron chi connectivity index (χ4n) is 5.45. The second-order valence-corrected chi connectivity index (χ2v) is 15.6. The zero-order valence-electron chi connectivity index (χ0n) is 56.0. The van der Waals surface area contributed by atoms with Crippen LogP contribution in [-0.4, -0.2) is 0 Å². The molecule has 6 aromatic rings. The molecule has 0 heteroatoms. The molecule has 0 amide bonds. The van der Waals surface area contributed by atoms with Crippen LogP contribution < -0.4 is 0 Å². The number of rotatable bonds is 2. The van der Waals surface area contributed by atoms with Gasteiger partial charge < -0.3 is 0 Å². The predicted molar refractivity (Wildman–Crippen MR) is 367 cm³/mol. The quantitative estimate of drug-likeness (QED) is 0.162. The molecule has 2 aliphatic rings. The smallest absolute Gasteiger partial charge is 0.00258 e. The summed E-state index contributed by atoms with van der Waals surface area (Å²) in [4.78, 5) is 0. The van der Waals surface area contributed by atoms with Crippen molar-refractivity contribution in [3.05, 3.63) is 193 Å². The molecule has 76 heavy (non-hydrogen) atoms. The molecule has 0 radical (unpaired) electrons.